The number of halogens is 2. The summed E-state index contributed by atoms with van der Waals surface area (Å²) >= 11 is 5.84. The quantitative estimate of drug-likeness (QED) is 0.728. The normalized spacial score (nSPS) is 20.8. The summed E-state index contributed by atoms with van der Waals surface area (Å²) in [6.07, 6.45) is 0.873. The first-order valence-corrected chi connectivity index (χ1v) is 11.5. The van der Waals surface area contributed by atoms with Crippen LogP contribution in [-0.4, -0.2) is 44.2 Å². The van der Waals surface area contributed by atoms with E-state index >= 15 is 0 Å². The Morgan fingerprint density at radius 3 is 2.57 bits per heavy atom. The van der Waals surface area contributed by atoms with Crippen LogP contribution in [0.1, 0.15) is 31.9 Å². The van der Waals surface area contributed by atoms with Gasteiger partial charge >= 0.3 is 0 Å². The van der Waals surface area contributed by atoms with Gasteiger partial charge in [0.15, 0.2) is 9.84 Å². The minimum Gasteiger partial charge on any atom is -0.311 e. The van der Waals surface area contributed by atoms with Gasteiger partial charge < -0.3 is 5.32 Å². The minimum atomic E-state index is -3.33. The van der Waals surface area contributed by atoms with E-state index in [1.165, 1.54) is 6.07 Å². The maximum absolute atomic E-state index is 14.0. The van der Waals surface area contributed by atoms with Gasteiger partial charge in [-0.05, 0) is 50.1 Å². The Labute approximate surface area is 171 Å². The number of likely N-dealkylation sites (tertiary alicyclic amines) is 1. The smallest absolute Gasteiger partial charge is 0.179 e. The van der Waals surface area contributed by atoms with Crippen molar-refractivity contribution in [3.63, 3.8) is 0 Å². The summed E-state index contributed by atoms with van der Waals surface area (Å²) < 4.78 is 39.0. The summed E-state index contributed by atoms with van der Waals surface area (Å²) in [5, 5.41) is 3.51. The van der Waals surface area contributed by atoms with Gasteiger partial charge in [-0.25, -0.2) is 12.8 Å². The average Bonchev–Trinajstić information content (AvgIpc) is 3.09. The molecule has 28 heavy (non-hydrogen) atoms. The first-order chi connectivity index (χ1) is 13.3. The van der Waals surface area contributed by atoms with Crippen LogP contribution in [0, 0.1) is 5.82 Å². The molecule has 4 nitrogen and oxygen atoms in total. The largest absolute Gasteiger partial charge is 0.311 e. The highest BCUT2D eigenvalue weighted by Gasteiger charge is 2.36. The molecule has 1 aliphatic heterocycles. The Kier molecular flexibility index (Phi) is 6.76. The Bertz CT molecular complexity index is 906. The molecule has 0 aromatic heterocycles. The molecule has 0 spiro atoms. The third-order valence-electron chi connectivity index (χ3n) is 5.26. The van der Waals surface area contributed by atoms with Crippen LogP contribution in [0.25, 0.3) is 0 Å². The van der Waals surface area contributed by atoms with Gasteiger partial charge in [0.05, 0.1) is 21.7 Å². The Morgan fingerprint density at radius 1 is 1.21 bits per heavy atom. The topological polar surface area (TPSA) is 49.4 Å². The van der Waals surface area contributed by atoms with Crippen molar-refractivity contribution in [3.05, 3.63) is 64.9 Å². The van der Waals surface area contributed by atoms with Gasteiger partial charge in [0.25, 0.3) is 0 Å². The van der Waals surface area contributed by atoms with Crippen LogP contribution in [0.5, 0.6) is 0 Å². The van der Waals surface area contributed by atoms with Crippen molar-refractivity contribution in [2.45, 2.75) is 43.3 Å². The summed E-state index contributed by atoms with van der Waals surface area (Å²) in [5.74, 6) is -0.406. The van der Waals surface area contributed by atoms with Gasteiger partial charge in [-0.1, -0.05) is 35.9 Å². The van der Waals surface area contributed by atoms with Crippen molar-refractivity contribution in [3.8, 4) is 0 Å². The molecular formula is C21H26ClFN2O2S. The van der Waals surface area contributed by atoms with E-state index in [0.717, 1.165) is 18.5 Å². The van der Waals surface area contributed by atoms with Crippen LogP contribution in [0.4, 0.5) is 4.39 Å². The molecule has 0 radical (unpaired) electrons. The highest BCUT2D eigenvalue weighted by Crippen LogP contribution is 2.35. The SMILES string of the molecule is CC(C)N1CC[C@@H](NCCS(=O)(=O)c2ccccc2)[C@H]1c1ccc(Cl)c(F)c1. The van der Waals surface area contributed by atoms with Crippen molar-refractivity contribution in [2.24, 2.45) is 0 Å². The standard InChI is InChI=1S/C21H26ClFN2O2S/c1-15(2)25-12-10-20(21(25)16-8-9-18(22)19(23)14-16)24-11-13-28(26,27)17-6-4-3-5-7-17/h3-9,14-15,20-21,24H,10-13H2,1-2H3/t20-,21-/m1/s1. The molecular weight excluding hydrogens is 399 g/mol. The molecule has 2 aromatic carbocycles. The second-order valence-corrected chi connectivity index (χ2v) is 9.95. The molecule has 2 aromatic rings. The lowest BCUT2D eigenvalue weighted by Gasteiger charge is -2.32. The molecule has 2 atom stereocenters. The lowest BCUT2D eigenvalue weighted by atomic mass is 9.99. The predicted octanol–water partition coefficient (Wildman–Crippen LogP) is 4.07. The molecule has 0 aliphatic carbocycles. The molecule has 0 bridgehead atoms. The molecule has 1 N–H and O–H groups in total. The fourth-order valence-electron chi connectivity index (χ4n) is 3.85. The second kappa shape index (κ2) is 8.91. The van der Waals surface area contributed by atoms with E-state index < -0.39 is 15.7 Å². The third-order valence-corrected chi connectivity index (χ3v) is 7.30. The van der Waals surface area contributed by atoms with Crippen molar-refractivity contribution in [2.75, 3.05) is 18.8 Å². The highest BCUT2D eigenvalue weighted by atomic mass is 35.5. The maximum Gasteiger partial charge on any atom is 0.179 e. The van der Waals surface area contributed by atoms with Crippen LogP contribution < -0.4 is 5.32 Å². The average molecular weight is 425 g/mol. The van der Waals surface area contributed by atoms with Crippen LogP contribution >= 0.6 is 11.6 Å². The molecule has 0 amide bonds. The van der Waals surface area contributed by atoms with Crippen LogP contribution in [0.3, 0.4) is 0 Å². The number of rotatable bonds is 7. The summed E-state index contributed by atoms with van der Waals surface area (Å²) in [6.45, 7) is 5.44. The predicted molar refractivity (Wildman–Crippen MR) is 111 cm³/mol. The van der Waals surface area contributed by atoms with Crippen molar-refractivity contribution < 1.29 is 12.8 Å². The van der Waals surface area contributed by atoms with Crippen LogP contribution in [-0.2, 0) is 9.84 Å². The molecule has 1 fully saturated rings. The molecule has 1 saturated heterocycles. The molecule has 1 heterocycles. The Morgan fingerprint density at radius 2 is 1.93 bits per heavy atom. The Hall–Kier alpha value is -1.47. The van der Waals surface area contributed by atoms with Gasteiger partial charge in [0.2, 0.25) is 0 Å². The number of benzene rings is 2. The van der Waals surface area contributed by atoms with Crippen LogP contribution in [0.15, 0.2) is 53.4 Å². The van der Waals surface area contributed by atoms with E-state index in [9.17, 15) is 12.8 Å². The van der Waals surface area contributed by atoms with E-state index in [2.05, 4.69) is 24.1 Å². The number of sulfone groups is 1. The number of hydrogen-bond donors (Lipinski definition) is 1. The van der Waals surface area contributed by atoms with Gasteiger partial charge in [-0.3, -0.25) is 4.90 Å². The molecule has 0 saturated carbocycles. The van der Waals surface area contributed by atoms with E-state index in [1.807, 2.05) is 6.07 Å². The highest BCUT2D eigenvalue weighted by molar-refractivity contribution is 7.91. The Balaban J connectivity index is 1.72. The zero-order chi connectivity index (χ0) is 20.3. The lowest BCUT2D eigenvalue weighted by Crippen LogP contribution is -2.40. The first kappa shape index (κ1) is 21.2. The van der Waals surface area contributed by atoms with Gasteiger partial charge in [0.1, 0.15) is 5.82 Å². The van der Waals surface area contributed by atoms with Gasteiger partial charge in [0, 0.05) is 25.2 Å². The lowest BCUT2D eigenvalue weighted by molar-refractivity contribution is 0.190. The third kappa shape index (κ3) is 4.74. The molecule has 1 aliphatic rings. The minimum absolute atomic E-state index is 0.0220. The van der Waals surface area contributed by atoms with Gasteiger partial charge in [-0.2, -0.15) is 0 Å². The maximum atomic E-state index is 14.0. The number of nitrogens with one attached hydrogen (secondary N) is 1. The van der Waals surface area contributed by atoms with E-state index in [-0.39, 0.29) is 22.9 Å². The molecule has 7 heteroatoms. The van der Waals surface area contributed by atoms with E-state index in [4.69, 9.17) is 11.6 Å². The summed E-state index contributed by atoms with van der Waals surface area (Å²) in [6, 6.07) is 13.7. The zero-order valence-electron chi connectivity index (χ0n) is 16.1. The van der Waals surface area contributed by atoms with Crippen molar-refractivity contribution in [1.82, 2.24) is 10.2 Å². The molecule has 3 rings (SSSR count). The number of nitrogens with zero attached hydrogens (tertiary/aromatic N) is 1. The van der Waals surface area contributed by atoms with Gasteiger partial charge in [-0.15, -0.1) is 0 Å². The first-order valence-electron chi connectivity index (χ1n) is 9.51. The summed E-state index contributed by atoms with van der Waals surface area (Å²) in [5.41, 5.74) is 0.858. The fourth-order valence-corrected chi connectivity index (χ4v) is 5.17. The molecule has 152 valence electrons. The monoisotopic (exact) mass is 424 g/mol. The summed E-state index contributed by atoms with van der Waals surface area (Å²) in [4.78, 5) is 2.65. The van der Waals surface area contributed by atoms with Crippen LogP contribution in [0.2, 0.25) is 5.02 Å². The second-order valence-electron chi connectivity index (χ2n) is 7.43. The molecule has 0 unspecified atom stereocenters. The van der Waals surface area contributed by atoms with Crippen molar-refractivity contribution in [1.29, 1.82) is 0 Å². The fraction of sp³-hybridized carbons (Fsp3) is 0.429. The van der Waals surface area contributed by atoms with Crippen molar-refractivity contribution >= 4 is 21.4 Å². The summed E-state index contributed by atoms with van der Waals surface area (Å²) in [7, 11) is -3.33. The van der Waals surface area contributed by atoms with E-state index in [0.29, 0.717) is 17.5 Å². The van der Waals surface area contributed by atoms with E-state index in [1.54, 1.807) is 36.4 Å². The number of hydrogen-bond acceptors (Lipinski definition) is 4. The zero-order valence-corrected chi connectivity index (χ0v) is 17.7.